The lowest BCUT2D eigenvalue weighted by Crippen LogP contribution is -2.54. The van der Waals surface area contributed by atoms with E-state index < -0.39 is 0 Å². The van der Waals surface area contributed by atoms with Crippen molar-refractivity contribution in [1.29, 1.82) is 0 Å². The SMILES string of the molecule is CC1CN(C(=O)c2ccc(-c3ccccc3)cc2)CCN1c1ncccn1. The molecule has 0 radical (unpaired) electrons. The highest BCUT2D eigenvalue weighted by atomic mass is 16.2. The summed E-state index contributed by atoms with van der Waals surface area (Å²) in [6, 6.07) is 20.0. The number of anilines is 1. The number of rotatable bonds is 3. The topological polar surface area (TPSA) is 49.3 Å². The summed E-state index contributed by atoms with van der Waals surface area (Å²) in [5, 5.41) is 0. The second-order valence-electron chi connectivity index (χ2n) is 6.79. The first-order valence-corrected chi connectivity index (χ1v) is 9.21. The van der Waals surface area contributed by atoms with E-state index in [-0.39, 0.29) is 11.9 Å². The smallest absolute Gasteiger partial charge is 0.253 e. The molecular weight excluding hydrogens is 336 g/mol. The standard InChI is InChI=1S/C22H22N4O/c1-17-16-25(14-15-26(17)22-23-12-5-13-24-22)21(27)20-10-8-19(9-11-20)18-6-3-2-4-7-18/h2-13,17H,14-16H2,1H3. The average Bonchev–Trinajstić information content (AvgIpc) is 2.74. The summed E-state index contributed by atoms with van der Waals surface area (Å²) in [4.78, 5) is 25.6. The number of hydrogen-bond acceptors (Lipinski definition) is 4. The van der Waals surface area contributed by atoms with Crippen molar-refractivity contribution in [2.24, 2.45) is 0 Å². The molecule has 0 bridgehead atoms. The van der Waals surface area contributed by atoms with E-state index in [1.165, 1.54) is 0 Å². The number of benzene rings is 2. The zero-order chi connectivity index (χ0) is 18.6. The highest BCUT2D eigenvalue weighted by Gasteiger charge is 2.28. The number of nitrogens with zero attached hydrogens (tertiary/aromatic N) is 4. The van der Waals surface area contributed by atoms with Gasteiger partial charge < -0.3 is 9.80 Å². The third-order valence-electron chi connectivity index (χ3n) is 4.96. The number of hydrogen-bond donors (Lipinski definition) is 0. The lowest BCUT2D eigenvalue weighted by molar-refractivity contribution is 0.0725. The first-order chi connectivity index (χ1) is 13.2. The van der Waals surface area contributed by atoms with Crippen molar-refractivity contribution in [2.45, 2.75) is 13.0 Å². The third kappa shape index (κ3) is 3.67. The molecule has 5 nitrogen and oxygen atoms in total. The molecule has 4 rings (SSSR count). The maximum Gasteiger partial charge on any atom is 0.253 e. The first-order valence-electron chi connectivity index (χ1n) is 9.21. The number of aromatic nitrogens is 2. The van der Waals surface area contributed by atoms with E-state index in [4.69, 9.17) is 0 Å². The Bertz CT molecular complexity index is 897. The Morgan fingerprint density at radius 3 is 2.22 bits per heavy atom. The molecule has 2 aromatic carbocycles. The number of piperazine rings is 1. The van der Waals surface area contributed by atoms with E-state index in [2.05, 4.69) is 33.9 Å². The van der Waals surface area contributed by atoms with E-state index in [1.54, 1.807) is 12.4 Å². The Morgan fingerprint density at radius 1 is 0.889 bits per heavy atom. The fourth-order valence-electron chi connectivity index (χ4n) is 3.50. The van der Waals surface area contributed by atoms with Gasteiger partial charge in [-0.1, -0.05) is 42.5 Å². The van der Waals surface area contributed by atoms with Gasteiger partial charge in [0.25, 0.3) is 5.91 Å². The molecule has 5 heteroatoms. The van der Waals surface area contributed by atoms with Crippen molar-refractivity contribution in [3.8, 4) is 11.1 Å². The van der Waals surface area contributed by atoms with Crippen LogP contribution in [0.1, 0.15) is 17.3 Å². The van der Waals surface area contributed by atoms with Crippen molar-refractivity contribution in [3.63, 3.8) is 0 Å². The molecule has 1 unspecified atom stereocenters. The van der Waals surface area contributed by atoms with Crippen LogP contribution in [-0.4, -0.2) is 46.5 Å². The van der Waals surface area contributed by atoms with Gasteiger partial charge >= 0.3 is 0 Å². The molecule has 136 valence electrons. The first kappa shape index (κ1) is 17.2. The normalized spacial score (nSPS) is 17.0. The predicted molar refractivity (Wildman–Crippen MR) is 107 cm³/mol. The van der Waals surface area contributed by atoms with Crippen LogP contribution in [0.2, 0.25) is 0 Å². The molecule has 0 spiro atoms. The second-order valence-corrected chi connectivity index (χ2v) is 6.79. The summed E-state index contributed by atoms with van der Waals surface area (Å²) in [5.41, 5.74) is 3.00. The van der Waals surface area contributed by atoms with Crippen LogP contribution in [0.3, 0.4) is 0 Å². The van der Waals surface area contributed by atoms with Crippen molar-refractivity contribution in [2.75, 3.05) is 24.5 Å². The Hall–Kier alpha value is -3.21. The van der Waals surface area contributed by atoms with Crippen LogP contribution in [-0.2, 0) is 0 Å². The molecule has 27 heavy (non-hydrogen) atoms. The lowest BCUT2D eigenvalue weighted by atomic mass is 10.0. The fourth-order valence-corrected chi connectivity index (χ4v) is 3.50. The zero-order valence-corrected chi connectivity index (χ0v) is 15.3. The molecule has 0 saturated carbocycles. The lowest BCUT2D eigenvalue weighted by Gasteiger charge is -2.39. The molecule has 1 fully saturated rings. The molecular formula is C22H22N4O. The number of carbonyl (C=O) groups excluding carboxylic acids is 1. The Balaban J connectivity index is 1.44. The monoisotopic (exact) mass is 358 g/mol. The molecule has 0 N–H and O–H groups in total. The van der Waals surface area contributed by atoms with Crippen molar-refractivity contribution in [1.82, 2.24) is 14.9 Å². The Labute approximate surface area is 159 Å². The van der Waals surface area contributed by atoms with Gasteiger partial charge in [-0.05, 0) is 36.2 Å². The van der Waals surface area contributed by atoms with Crippen molar-refractivity contribution < 1.29 is 4.79 Å². The fraction of sp³-hybridized carbons (Fsp3) is 0.227. The van der Waals surface area contributed by atoms with Crippen LogP contribution in [0.4, 0.5) is 5.95 Å². The minimum Gasteiger partial charge on any atom is -0.335 e. The van der Waals surface area contributed by atoms with Crippen LogP contribution < -0.4 is 4.90 Å². The molecule has 1 saturated heterocycles. The van der Waals surface area contributed by atoms with Gasteiger partial charge in [0.05, 0.1) is 0 Å². The molecule has 1 aliphatic heterocycles. The van der Waals surface area contributed by atoms with Crippen LogP contribution >= 0.6 is 0 Å². The minimum atomic E-state index is 0.0788. The largest absolute Gasteiger partial charge is 0.335 e. The molecule has 0 aliphatic carbocycles. The van der Waals surface area contributed by atoms with Crippen LogP contribution in [0.5, 0.6) is 0 Å². The zero-order valence-electron chi connectivity index (χ0n) is 15.3. The average molecular weight is 358 g/mol. The Kier molecular flexibility index (Phi) is 4.83. The maximum absolute atomic E-state index is 12.9. The molecule has 3 aromatic rings. The van der Waals surface area contributed by atoms with Gasteiger partial charge in [-0.3, -0.25) is 4.79 Å². The second kappa shape index (κ2) is 7.58. The molecule has 1 amide bonds. The van der Waals surface area contributed by atoms with Crippen LogP contribution in [0, 0.1) is 0 Å². The highest BCUT2D eigenvalue weighted by molar-refractivity contribution is 5.95. The van der Waals surface area contributed by atoms with E-state index in [1.807, 2.05) is 53.4 Å². The van der Waals surface area contributed by atoms with Crippen LogP contribution in [0.15, 0.2) is 73.1 Å². The van der Waals surface area contributed by atoms with Gasteiger partial charge in [0.1, 0.15) is 0 Å². The molecule has 1 aliphatic rings. The van der Waals surface area contributed by atoms with Gasteiger partial charge in [0.15, 0.2) is 0 Å². The number of carbonyl (C=O) groups is 1. The van der Waals surface area contributed by atoms with Gasteiger partial charge in [-0.2, -0.15) is 0 Å². The van der Waals surface area contributed by atoms with E-state index in [0.29, 0.717) is 13.1 Å². The van der Waals surface area contributed by atoms with Crippen LogP contribution in [0.25, 0.3) is 11.1 Å². The summed E-state index contributed by atoms with van der Waals surface area (Å²) < 4.78 is 0. The highest BCUT2D eigenvalue weighted by Crippen LogP contribution is 2.21. The molecule has 1 atom stereocenters. The minimum absolute atomic E-state index is 0.0788. The van der Waals surface area contributed by atoms with E-state index in [9.17, 15) is 4.79 Å². The summed E-state index contributed by atoms with van der Waals surface area (Å²) in [7, 11) is 0. The maximum atomic E-state index is 12.9. The molecule has 1 aromatic heterocycles. The third-order valence-corrected chi connectivity index (χ3v) is 4.96. The van der Waals surface area contributed by atoms with Gasteiger partial charge in [-0.25, -0.2) is 9.97 Å². The predicted octanol–water partition coefficient (Wildman–Crippen LogP) is 3.49. The van der Waals surface area contributed by atoms with Crippen molar-refractivity contribution >= 4 is 11.9 Å². The van der Waals surface area contributed by atoms with Gasteiger partial charge in [0, 0.05) is 43.6 Å². The van der Waals surface area contributed by atoms with E-state index in [0.717, 1.165) is 29.2 Å². The molecule has 2 heterocycles. The van der Waals surface area contributed by atoms with Gasteiger partial charge in [0.2, 0.25) is 5.95 Å². The number of amides is 1. The quantitative estimate of drug-likeness (QED) is 0.719. The summed E-state index contributed by atoms with van der Waals surface area (Å²) in [6.07, 6.45) is 3.50. The van der Waals surface area contributed by atoms with Crippen molar-refractivity contribution in [3.05, 3.63) is 78.6 Å². The Morgan fingerprint density at radius 2 is 1.56 bits per heavy atom. The van der Waals surface area contributed by atoms with E-state index >= 15 is 0 Å². The van der Waals surface area contributed by atoms with Gasteiger partial charge in [-0.15, -0.1) is 0 Å². The summed E-state index contributed by atoms with van der Waals surface area (Å²) >= 11 is 0. The summed E-state index contributed by atoms with van der Waals surface area (Å²) in [5.74, 6) is 0.805. The summed E-state index contributed by atoms with van der Waals surface area (Å²) in [6.45, 7) is 4.17.